The van der Waals surface area contributed by atoms with Crippen LogP contribution in [0.15, 0.2) is 23.1 Å². The van der Waals surface area contributed by atoms with Crippen molar-refractivity contribution in [1.29, 1.82) is 0 Å². The lowest BCUT2D eigenvalue weighted by atomic mass is 10.2. The van der Waals surface area contributed by atoms with Crippen LogP contribution in [0.4, 0.5) is 0 Å². The molecule has 1 aromatic carbocycles. The van der Waals surface area contributed by atoms with Gasteiger partial charge in [0.15, 0.2) is 0 Å². The molecule has 1 aliphatic carbocycles. The van der Waals surface area contributed by atoms with Gasteiger partial charge >= 0.3 is 0 Å². The molecule has 1 saturated carbocycles. The molecule has 0 radical (unpaired) electrons. The van der Waals surface area contributed by atoms with E-state index in [2.05, 4.69) is 0 Å². The average Bonchev–Trinajstić information content (AvgIpc) is 3.11. The highest BCUT2D eigenvalue weighted by Crippen LogP contribution is 2.36. The minimum absolute atomic E-state index is 0.0237. The van der Waals surface area contributed by atoms with Crippen molar-refractivity contribution in [2.75, 3.05) is 20.4 Å². The maximum absolute atomic E-state index is 12.0. The van der Waals surface area contributed by atoms with Crippen molar-refractivity contribution in [2.45, 2.75) is 23.8 Å². The number of benzene rings is 1. The van der Waals surface area contributed by atoms with Crippen molar-refractivity contribution in [3.63, 3.8) is 0 Å². The maximum Gasteiger partial charge on any atom is 0.254 e. The van der Waals surface area contributed by atoms with Crippen LogP contribution in [0, 0.1) is 0 Å². The van der Waals surface area contributed by atoms with E-state index < -0.39 is 0 Å². The van der Waals surface area contributed by atoms with Gasteiger partial charge < -0.3 is 9.64 Å². The highest BCUT2D eigenvalue weighted by atomic mass is 32.2. The number of rotatable bonds is 4. The van der Waals surface area contributed by atoms with Crippen LogP contribution in [0.2, 0.25) is 0 Å². The zero-order valence-corrected chi connectivity index (χ0v) is 11.2. The van der Waals surface area contributed by atoms with Gasteiger partial charge in [-0.1, -0.05) is 6.07 Å². The lowest BCUT2D eigenvalue weighted by Gasteiger charge is -2.16. The Kier molecular flexibility index (Phi) is 3.62. The Hall–Kier alpha value is -1.16. The molecule has 0 aromatic heterocycles. The summed E-state index contributed by atoms with van der Waals surface area (Å²) < 4.78 is 5.83. The first-order chi connectivity index (χ1) is 8.13. The van der Waals surface area contributed by atoms with Crippen LogP contribution >= 0.6 is 11.8 Å². The molecule has 1 aliphatic rings. The van der Waals surface area contributed by atoms with Gasteiger partial charge in [-0.25, -0.2) is 0 Å². The summed E-state index contributed by atoms with van der Waals surface area (Å²) in [5.74, 6) is 0.864. The first-order valence-electron chi connectivity index (χ1n) is 5.68. The van der Waals surface area contributed by atoms with Crippen LogP contribution in [0.25, 0.3) is 0 Å². The topological polar surface area (TPSA) is 29.5 Å². The third kappa shape index (κ3) is 2.75. The molecule has 0 aliphatic heterocycles. The monoisotopic (exact) mass is 251 g/mol. The fourth-order valence-electron chi connectivity index (χ4n) is 1.59. The van der Waals surface area contributed by atoms with E-state index >= 15 is 0 Å². The van der Waals surface area contributed by atoms with Gasteiger partial charge in [0.1, 0.15) is 5.75 Å². The molecule has 0 saturated heterocycles. The first kappa shape index (κ1) is 12.3. The van der Waals surface area contributed by atoms with Gasteiger partial charge in [-0.15, -0.1) is 11.8 Å². The maximum atomic E-state index is 12.0. The van der Waals surface area contributed by atoms with Gasteiger partial charge in [-0.2, -0.15) is 0 Å². The molecule has 1 aromatic rings. The zero-order chi connectivity index (χ0) is 12.4. The lowest BCUT2D eigenvalue weighted by Crippen LogP contribution is -2.22. The molecule has 3 nitrogen and oxygen atoms in total. The van der Waals surface area contributed by atoms with E-state index in [1.54, 1.807) is 30.8 Å². The predicted octanol–water partition coefficient (Wildman–Crippen LogP) is 2.65. The molecule has 0 heterocycles. The highest BCUT2D eigenvalue weighted by Gasteiger charge is 2.26. The molecule has 92 valence electrons. The molecule has 1 fully saturated rings. The summed E-state index contributed by atoms with van der Waals surface area (Å²) in [5.41, 5.74) is 0.723. The van der Waals surface area contributed by atoms with Gasteiger partial charge in [-0.3, -0.25) is 4.79 Å². The van der Waals surface area contributed by atoms with Crippen LogP contribution < -0.4 is 4.74 Å². The van der Waals surface area contributed by atoms with Gasteiger partial charge in [0, 0.05) is 14.1 Å². The van der Waals surface area contributed by atoms with E-state index in [1.807, 2.05) is 24.5 Å². The summed E-state index contributed by atoms with van der Waals surface area (Å²) in [4.78, 5) is 14.6. The van der Waals surface area contributed by atoms with E-state index in [1.165, 1.54) is 0 Å². The average molecular weight is 251 g/mol. The Bertz CT molecular complexity index is 427. The summed E-state index contributed by atoms with van der Waals surface area (Å²) in [6.07, 6.45) is 4.58. The summed E-state index contributed by atoms with van der Waals surface area (Å²) in [5, 5.41) is 0. The van der Waals surface area contributed by atoms with Crippen molar-refractivity contribution in [1.82, 2.24) is 4.90 Å². The van der Waals surface area contributed by atoms with Gasteiger partial charge in [0.2, 0.25) is 0 Å². The quantitative estimate of drug-likeness (QED) is 0.770. The van der Waals surface area contributed by atoms with Crippen molar-refractivity contribution in [3.05, 3.63) is 23.8 Å². The summed E-state index contributed by atoms with van der Waals surface area (Å²) in [7, 11) is 3.53. The lowest BCUT2D eigenvalue weighted by molar-refractivity contribution is 0.0823. The Morgan fingerprint density at radius 2 is 2.12 bits per heavy atom. The molecule has 0 spiro atoms. The number of hydrogen-bond acceptors (Lipinski definition) is 3. The van der Waals surface area contributed by atoms with Gasteiger partial charge in [0.05, 0.1) is 16.6 Å². The standard InChI is InChI=1S/C13H17NO2S/c1-14(2)13(15)10-5-4-6-11(12(10)17-3)16-9-7-8-9/h4-6,9H,7-8H2,1-3H3. The van der Waals surface area contributed by atoms with E-state index in [0.717, 1.165) is 29.1 Å². The van der Waals surface area contributed by atoms with Gasteiger partial charge in [-0.05, 0) is 31.2 Å². The number of carbonyl (C=O) groups excluding carboxylic acids is 1. The van der Waals surface area contributed by atoms with Crippen LogP contribution in [-0.4, -0.2) is 37.3 Å². The van der Waals surface area contributed by atoms with Crippen molar-refractivity contribution < 1.29 is 9.53 Å². The normalized spacial score (nSPS) is 14.5. The molecule has 1 amide bonds. The number of ether oxygens (including phenoxy) is 1. The predicted molar refractivity (Wildman–Crippen MR) is 69.9 cm³/mol. The Morgan fingerprint density at radius 1 is 1.41 bits per heavy atom. The second-order valence-corrected chi connectivity index (χ2v) is 5.17. The smallest absolute Gasteiger partial charge is 0.254 e. The highest BCUT2D eigenvalue weighted by molar-refractivity contribution is 7.98. The third-order valence-corrected chi connectivity index (χ3v) is 3.47. The molecule has 0 unspecified atom stereocenters. The molecule has 0 bridgehead atoms. The third-order valence-electron chi connectivity index (χ3n) is 2.64. The van der Waals surface area contributed by atoms with Crippen LogP contribution in [0.3, 0.4) is 0 Å². The fraction of sp³-hybridized carbons (Fsp3) is 0.462. The second kappa shape index (κ2) is 5.00. The molecular weight excluding hydrogens is 234 g/mol. The number of carbonyl (C=O) groups is 1. The summed E-state index contributed by atoms with van der Waals surface area (Å²) in [6, 6.07) is 5.68. The van der Waals surface area contributed by atoms with Crippen molar-refractivity contribution in [2.24, 2.45) is 0 Å². The van der Waals surface area contributed by atoms with E-state index in [0.29, 0.717) is 6.10 Å². The number of thioether (sulfide) groups is 1. The number of amides is 1. The molecule has 0 atom stereocenters. The largest absolute Gasteiger partial charge is 0.489 e. The first-order valence-corrected chi connectivity index (χ1v) is 6.91. The SMILES string of the molecule is CSc1c(OC2CC2)cccc1C(=O)N(C)C. The molecular formula is C13H17NO2S. The summed E-state index contributed by atoms with van der Waals surface area (Å²) >= 11 is 1.57. The van der Waals surface area contributed by atoms with E-state index in [4.69, 9.17) is 4.74 Å². The second-order valence-electron chi connectivity index (χ2n) is 4.35. The molecule has 2 rings (SSSR count). The Labute approximate surface area is 106 Å². The number of hydrogen-bond donors (Lipinski definition) is 0. The minimum atomic E-state index is 0.0237. The van der Waals surface area contributed by atoms with Crippen LogP contribution in [0.5, 0.6) is 5.75 Å². The molecule has 4 heteroatoms. The fourth-order valence-corrected chi connectivity index (χ4v) is 2.29. The van der Waals surface area contributed by atoms with Crippen LogP contribution in [0.1, 0.15) is 23.2 Å². The van der Waals surface area contributed by atoms with E-state index in [9.17, 15) is 4.79 Å². The van der Waals surface area contributed by atoms with Crippen molar-refractivity contribution >= 4 is 17.7 Å². The minimum Gasteiger partial charge on any atom is -0.489 e. The Morgan fingerprint density at radius 3 is 2.65 bits per heavy atom. The Balaban J connectivity index is 2.33. The summed E-state index contributed by atoms with van der Waals surface area (Å²) in [6.45, 7) is 0. The van der Waals surface area contributed by atoms with Gasteiger partial charge in [0.25, 0.3) is 5.91 Å². The number of nitrogens with zero attached hydrogens (tertiary/aromatic N) is 1. The molecule has 17 heavy (non-hydrogen) atoms. The van der Waals surface area contributed by atoms with Crippen LogP contribution in [-0.2, 0) is 0 Å². The zero-order valence-electron chi connectivity index (χ0n) is 10.4. The van der Waals surface area contributed by atoms with E-state index in [-0.39, 0.29) is 5.91 Å². The molecule has 0 N–H and O–H groups in total. The van der Waals surface area contributed by atoms with Crippen molar-refractivity contribution in [3.8, 4) is 5.75 Å².